The molecular formula is C36H50O5. The number of rotatable bonds is 14. The van der Waals surface area contributed by atoms with Crippen molar-refractivity contribution in [1.82, 2.24) is 0 Å². The average Bonchev–Trinajstić information content (AvgIpc) is 2.82. The molecule has 3 rings (SSSR count). The first-order valence-electron chi connectivity index (χ1n) is 15.0. The van der Waals surface area contributed by atoms with Crippen LogP contribution >= 0.6 is 0 Å². The maximum Gasteiger partial charge on any atom is 0.126 e. The first-order chi connectivity index (χ1) is 19.3. The number of hydrogen-bond donors (Lipinski definition) is 0. The molecule has 5 heteroatoms. The van der Waals surface area contributed by atoms with Gasteiger partial charge < -0.3 is 23.7 Å². The molecule has 0 saturated heterocycles. The molecule has 0 aliphatic carbocycles. The second kappa shape index (κ2) is 14.5. The molecule has 0 spiro atoms. The van der Waals surface area contributed by atoms with E-state index in [-0.39, 0.29) is 30.5 Å². The van der Waals surface area contributed by atoms with Crippen molar-refractivity contribution in [2.24, 2.45) is 0 Å². The predicted molar refractivity (Wildman–Crippen MR) is 168 cm³/mol. The van der Waals surface area contributed by atoms with Crippen molar-refractivity contribution in [2.75, 3.05) is 0 Å². The van der Waals surface area contributed by atoms with E-state index in [4.69, 9.17) is 23.7 Å². The van der Waals surface area contributed by atoms with Crippen LogP contribution in [-0.4, -0.2) is 30.5 Å². The van der Waals surface area contributed by atoms with E-state index in [1.54, 1.807) is 0 Å². The molecule has 3 aromatic carbocycles. The second-order valence-corrected chi connectivity index (χ2v) is 12.1. The summed E-state index contributed by atoms with van der Waals surface area (Å²) in [5.74, 6) is 4.22. The molecule has 3 aromatic rings. The third-order valence-corrected chi connectivity index (χ3v) is 6.05. The van der Waals surface area contributed by atoms with Gasteiger partial charge in [0.05, 0.1) is 30.5 Å². The molecule has 0 fully saturated rings. The lowest BCUT2D eigenvalue weighted by Crippen LogP contribution is -2.13. The monoisotopic (exact) mass is 562 g/mol. The van der Waals surface area contributed by atoms with E-state index in [0.29, 0.717) is 12.8 Å². The Labute approximate surface area is 248 Å². The fraction of sp³-hybridized carbons (Fsp3) is 0.500. The summed E-state index contributed by atoms with van der Waals surface area (Å²) in [6, 6.07) is 16.7. The largest absolute Gasteiger partial charge is 0.491 e. The van der Waals surface area contributed by atoms with Gasteiger partial charge in [0.15, 0.2) is 0 Å². The molecule has 0 atom stereocenters. The summed E-state index contributed by atoms with van der Waals surface area (Å²) >= 11 is 0. The fourth-order valence-corrected chi connectivity index (χ4v) is 4.77. The molecule has 224 valence electrons. The summed E-state index contributed by atoms with van der Waals surface area (Å²) in [6.07, 6.45) is 1.65. The lowest BCUT2D eigenvalue weighted by atomic mass is 9.94. The highest BCUT2D eigenvalue weighted by molar-refractivity contribution is 5.53. The Morgan fingerprint density at radius 1 is 0.439 bits per heavy atom. The Hall–Kier alpha value is -3.34. The predicted octanol–water partition coefficient (Wildman–Crippen LogP) is 9.11. The topological polar surface area (TPSA) is 46.2 Å². The molecule has 0 N–H and O–H groups in total. The maximum atomic E-state index is 6.54. The van der Waals surface area contributed by atoms with Crippen molar-refractivity contribution in [2.45, 2.75) is 120 Å². The van der Waals surface area contributed by atoms with Crippen molar-refractivity contribution in [3.63, 3.8) is 0 Å². The zero-order chi connectivity index (χ0) is 30.3. The van der Waals surface area contributed by atoms with Gasteiger partial charge in [-0.1, -0.05) is 29.8 Å². The van der Waals surface area contributed by atoms with Crippen LogP contribution in [0.25, 0.3) is 0 Å². The van der Waals surface area contributed by atoms with Gasteiger partial charge >= 0.3 is 0 Å². The van der Waals surface area contributed by atoms with Crippen LogP contribution < -0.4 is 23.7 Å². The van der Waals surface area contributed by atoms with Crippen LogP contribution in [0.3, 0.4) is 0 Å². The summed E-state index contributed by atoms with van der Waals surface area (Å²) < 4.78 is 31.0. The number of ether oxygens (including phenoxy) is 5. The fourth-order valence-electron chi connectivity index (χ4n) is 4.77. The summed E-state index contributed by atoms with van der Waals surface area (Å²) in [7, 11) is 0. The Morgan fingerprint density at radius 2 is 0.805 bits per heavy atom. The third kappa shape index (κ3) is 9.91. The molecule has 0 radical (unpaired) electrons. The second-order valence-electron chi connectivity index (χ2n) is 12.1. The van der Waals surface area contributed by atoms with E-state index in [2.05, 4.69) is 45.0 Å². The Kier molecular flexibility index (Phi) is 11.4. The molecule has 41 heavy (non-hydrogen) atoms. The van der Waals surface area contributed by atoms with Crippen LogP contribution in [0.15, 0.2) is 48.5 Å². The van der Waals surface area contributed by atoms with Gasteiger partial charge in [0.2, 0.25) is 0 Å². The number of hydrogen-bond acceptors (Lipinski definition) is 5. The SMILES string of the molecule is Cc1cc(Cc2ccc(OC(C)C)cc2OC(C)C)c(OC(C)C)c(Cc2ccc(OC(C)C)cc2OC(C)C)c1. The van der Waals surface area contributed by atoms with Crippen molar-refractivity contribution in [3.8, 4) is 28.7 Å². The highest BCUT2D eigenvalue weighted by atomic mass is 16.5. The summed E-state index contributed by atoms with van der Waals surface area (Å²) in [6.45, 7) is 22.6. The third-order valence-electron chi connectivity index (χ3n) is 6.05. The van der Waals surface area contributed by atoms with Gasteiger partial charge in [0, 0.05) is 25.0 Å². The minimum absolute atomic E-state index is 0.0246. The van der Waals surface area contributed by atoms with Gasteiger partial charge in [-0.25, -0.2) is 0 Å². The van der Waals surface area contributed by atoms with Crippen LogP contribution in [0.4, 0.5) is 0 Å². The number of aryl methyl sites for hydroxylation is 1. The summed E-state index contributed by atoms with van der Waals surface area (Å²) in [5.41, 5.74) is 5.64. The van der Waals surface area contributed by atoms with Gasteiger partial charge in [0.1, 0.15) is 28.7 Å². The minimum Gasteiger partial charge on any atom is -0.491 e. The molecule has 0 aliphatic rings. The zero-order valence-corrected chi connectivity index (χ0v) is 27.0. The van der Waals surface area contributed by atoms with E-state index >= 15 is 0 Å². The normalized spacial score (nSPS) is 11.6. The van der Waals surface area contributed by atoms with Crippen molar-refractivity contribution in [1.29, 1.82) is 0 Å². The lowest BCUT2D eigenvalue weighted by molar-refractivity contribution is 0.227. The van der Waals surface area contributed by atoms with E-state index < -0.39 is 0 Å². The highest BCUT2D eigenvalue weighted by Gasteiger charge is 2.19. The molecule has 0 saturated carbocycles. The average molecular weight is 563 g/mol. The molecule has 0 amide bonds. The molecule has 5 nitrogen and oxygen atoms in total. The summed E-state index contributed by atoms with van der Waals surface area (Å²) in [5, 5.41) is 0. The Bertz CT molecular complexity index is 1180. The Balaban J connectivity index is 2.07. The van der Waals surface area contributed by atoms with E-state index in [1.807, 2.05) is 79.7 Å². The van der Waals surface area contributed by atoms with Crippen molar-refractivity contribution < 1.29 is 23.7 Å². The summed E-state index contributed by atoms with van der Waals surface area (Å²) in [4.78, 5) is 0. The van der Waals surface area contributed by atoms with Crippen LogP contribution in [0.5, 0.6) is 28.7 Å². The van der Waals surface area contributed by atoms with E-state index in [9.17, 15) is 0 Å². The molecule has 0 aromatic heterocycles. The first kappa shape index (κ1) is 32.2. The van der Waals surface area contributed by atoms with Gasteiger partial charge in [-0.3, -0.25) is 0 Å². The highest BCUT2D eigenvalue weighted by Crippen LogP contribution is 2.37. The van der Waals surface area contributed by atoms with Crippen LogP contribution in [0.2, 0.25) is 0 Å². The zero-order valence-electron chi connectivity index (χ0n) is 27.0. The van der Waals surface area contributed by atoms with E-state index in [0.717, 1.165) is 51.0 Å². The number of benzene rings is 3. The minimum atomic E-state index is 0.0246. The smallest absolute Gasteiger partial charge is 0.126 e. The van der Waals surface area contributed by atoms with Gasteiger partial charge in [-0.2, -0.15) is 0 Å². The van der Waals surface area contributed by atoms with Crippen molar-refractivity contribution in [3.05, 3.63) is 76.3 Å². The van der Waals surface area contributed by atoms with Gasteiger partial charge in [0.25, 0.3) is 0 Å². The van der Waals surface area contributed by atoms with E-state index in [1.165, 1.54) is 5.56 Å². The maximum absolute atomic E-state index is 6.54. The molecule has 0 unspecified atom stereocenters. The first-order valence-corrected chi connectivity index (χ1v) is 15.0. The quantitative estimate of drug-likeness (QED) is 0.196. The Morgan fingerprint density at radius 3 is 1.15 bits per heavy atom. The van der Waals surface area contributed by atoms with Gasteiger partial charge in [-0.15, -0.1) is 0 Å². The lowest BCUT2D eigenvalue weighted by Gasteiger charge is -2.22. The van der Waals surface area contributed by atoms with Crippen LogP contribution in [-0.2, 0) is 12.8 Å². The van der Waals surface area contributed by atoms with Crippen LogP contribution in [0.1, 0.15) is 97.1 Å². The van der Waals surface area contributed by atoms with Gasteiger partial charge in [-0.05, 0) is 111 Å². The molecule has 0 bridgehead atoms. The molecule has 0 aliphatic heterocycles. The standard InChI is InChI=1S/C36H50O5/c1-22(2)37-32-14-12-28(34(20-32)39-24(5)6)18-30-16-27(11)17-31(36(30)41-26(9)10)19-29-13-15-33(38-23(3)4)21-35(29)40-25(7)8/h12-17,20-26H,18-19H2,1-11H3. The van der Waals surface area contributed by atoms with Crippen molar-refractivity contribution >= 4 is 0 Å². The van der Waals surface area contributed by atoms with Crippen LogP contribution in [0, 0.1) is 6.92 Å². The molecule has 0 heterocycles. The molecular weight excluding hydrogens is 512 g/mol.